The van der Waals surface area contributed by atoms with E-state index in [-0.39, 0.29) is 0 Å². The fraction of sp³-hybridized carbons (Fsp3) is 0.231. The zero-order chi connectivity index (χ0) is 23.1. The van der Waals surface area contributed by atoms with Crippen LogP contribution in [0.3, 0.4) is 0 Å². The van der Waals surface area contributed by atoms with Crippen LogP contribution >= 0.6 is 0 Å². The molecule has 3 aromatic carbocycles. The molecule has 0 unspecified atom stereocenters. The number of fused-ring (bicyclic) bond motifs is 1. The molecule has 4 rings (SSSR count). The number of hydrogen-bond acceptors (Lipinski definition) is 6. The summed E-state index contributed by atoms with van der Waals surface area (Å²) in [5.74, 6) is 0.988. The third kappa shape index (κ3) is 5.28. The van der Waals surface area contributed by atoms with E-state index < -0.39 is 8.80 Å². The quantitative estimate of drug-likeness (QED) is 0.264. The van der Waals surface area contributed by atoms with Crippen molar-refractivity contribution in [3.05, 3.63) is 78.0 Å². The predicted molar refractivity (Wildman–Crippen MR) is 132 cm³/mol. The highest BCUT2D eigenvalue weighted by Crippen LogP contribution is 2.30. The summed E-state index contributed by atoms with van der Waals surface area (Å²) in [5.41, 5.74) is 4.72. The van der Waals surface area contributed by atoms with Gasteiger partial charge in [-0.2, -0.15) is 0 Å². The van der Waals surface area contributed by atoms with Crippen molar-refractivity contribution in [1.29, 1.82) is 0 Å². The van der Waals surface area contributed by atoms with Gasteiger partial charge in [0.15, 0.2) is 0 Å². The maximum atomic E-state index is 6.02. The fourth-order valence-corrected chi connectivity index (χ4v) is 5.81. The molecule has 0 fully saturated rings. The van der Waals surface area contributed by atoms with E-state index in [1.807, 2.05) is 81.1 Å². The molecule has 0 aliphatic heterocycles. The van der Waals surface area contributed by atoms with Crippen LogP contribution in [0.15, 0.2) is 76.8 Å². The maximum Gasteiger partial charge on any atom is 0.529 e. The summed E-state index contributed by atoms with van der Waals surface area (Å²) in [6, 6.07) is 22.2. The average Bonchev–Trinajstić information content (AvgIpc) is 3.33. The van der Waals surface area contributed by atoms with E-state index in [4.69, 9.17) is 17.7 Å². The number of aromatic nitrogens is 2. The molecule has 0 radical (unpaired) electrons. The molecule has 0 saturated heterocycles. The Bertz CT molecular complexity index is 1200. The smallest absolute Gasteiger partial charge is 0.416 e. The topological polar surface area (TPSA) is 66.6 Å². The van der Waals surface area contributed by atoms with Crippen LogP contribution in [0.1, 0.15) is 26.3 Å². The molecule has 0 bridgehead atoms. The third-order valence-electron chi connectivity index (χ3n) is 5.12. The largest absolute Gasteiger partial charge is 0.529 e. The number of hydrogen-bond donors (Lipinski definition) is 0. The molecule has 7 heteroatoms. The van der Waals surface area contributed by atoms with Crippen molar-refractivity contribution >= 4 is 25.7 Å². The zero-order valence-corrected chi connectivity index (χ0v) is 20.2. The van der Waals surface area contributed by atoms with E-state index in [2.05, 4.69) is 28.4 Å². The van der Waals surface area contributed by atoms with Crippen LogP contribution in [0.4, 0.5) is 0 Å². The van der Waals surface area contributed by atoms with E-state index >= 15 is 0 Å². The lowest BCUT2D eigenvalue weighted by molar-refractivity contribution is 0.0845. The monoisotopic (exact) mass is 460 g/mol. The fourth-order valence-electron chi connectivity index (χ4n) is 3.67. The Morgan fingerprint density at radius 1 is 0.758 bits per heavy atom. The van der Waals surface area contributed by atoms with Gasteiger partial charge in [-0.05, 0) is 61.0 Å². The number of benzene rings is 3. The molecular formula is C26H28N2O4Si. The molecule has 0 N–H and O–H groups in total. The molecule has 170 valence electrons. The minimum absolute atomic E-state index is 0.482. The van der Waals surface area contributed by atoms with Gasteiger partial charge in [-0.1, -0.05) is 54.6 Å². The van der Waals surface area contributed by atoms with Crippen molar-refractivity contribution in [2.45, 2.75) is 20.8 Å². The lowest BCUT2D eigenvalue weighted by Gasteiger charge is -2.25. The molecule has 0 saturated carbocycles. The van der Waals surface area contributed by atoms with Gasteiger partial charge >= 0.3 is 8.80 Å². The van der Waals surface area contributed by atoms with Crippen LogP contribution in [-0.2, 0) is 13.3 Å². The first-order valence-electron chi connectivity index (χ1n) is 11.2. The van der Waals surface area contributed by atoms with Crippen molar-refractivity contribution in [3.8, 4) is 22.9 Å². The van der Waals surface area contributed by atoms with Crippen molar-refractivity contribution in [2.75, 3.05) is 19.8 Å². The van der Waals surface area contributed by atoms with Crippen molar-refractivity contribution in [1.82, 2.24) is 10.2 Å². The van der Waals surface area contributed by atoms with Crippen LogP contribution in [0.25, 0.3) is 39.8 Å². The Kier molecular flexibility index (Phi) is 7.46. The van der Waals surface area contributed by atoms with Crippen LogP contribution in [0.2, 0.25) is 0 Å². The molecule has 0 spiro atoms. The molecule has 6 nitrogen and oxygen atoms in total. The van der Waals surface area contributed by atoms with Gasteiger partial charge in [-0.3, -0.25) is 0 Å². The Morgan fingerprint density at radius 2 is 1.39 bits per heavy atom. The first-order valence-corrected chi connectivity index (χ1v) is 13.0. The Hall–Kier alpha value is -3.10. The minimum Gasteiger partial charge on any atom is -0.416 e. The van der Waals surface area contributed by atoms with Gasteiger partial charge in [-0.25, -0.2) is 0 Å². The van der Waals surface area contributed by atoms with Crippen LogP contribution in [0, 0.1) is 0 Å². The van der Waals surface area contributed by atoms with Crippen LogP contribution < -0.4 is 0 Å². The summed E-state index contributed by atoms with van der Waals surface area (Å²) in [7, 11) is -2.83. The predicted octanol–water partition coefficient (Wildman–Crippen LogP) is 6.16. The first-order chi connectivity index (χ1) is 16.2. The van der Waals surface area contributed by atoms with Crippen molar-refractivity contribution in [3.63, 3.8) is 0 Å². The van der Waals surface area contributed by atoms with Crippen molar-refractivity contribution < 1.29 is 17.7 Å². The standard InChI is InChI=1S/C26H28N2O4Si/c1-4-29-33(30-5-2,31-6-3)19-18-20-14-16-22(17-15-20)25-27-28-26(32-25)24-13-9-11-21-10-7-8-12-23(21)24/h7-19H,4-6H2,1-3H3. The Labute approximate surface area is 195 Å². The molecule has 4 aromatic rings. The van der Waals surface area contributed by atoms with E-state index in [9.17, 15) is 0 Å². The lowest BCUT2D eigenvalue weighted by atomic mass is 10.0. The molecule has 0 atom stereocenters. The van der Waals surface area contributed by atoms with Gasteiger partial charge in [0.1, 0.15) is 0 Å². The number of rotatable bonds is 10. The van der Waals surface area contributed by atoms with Gasteiger partial charge in [0.25, 0.3) is 0 Å². The molecule has 0 aliphatic rings. The molecule has 0 aliphatic carbocycles. The number of nitrogens with zero attached hydrogens (tertiary/aromatic N) is 2. The highest BCUT2D eigenvalue weighted by atomic mass is 28.4. The van der Waals surface area contributed by atoms with Gasteiger partial charge in [0.2, 0.25) is 11.8 Å². The zero-order valence-electron chi connectivity index (χ0n) is 19.2. The summed E-state index contributed by atoms with van der Waals surface area (Å²) in [6.45, 7) is 7.43. The van der Waals surface area contributed by atoms with E-state index in [0.29, 0.717) is 31.6 Å². The molecule has 0 amide bonds. The van der Waals surface area contributed by atoms with Gasteiger partial charge in [0.05, 0.1) is 0 Å². The summed E-state index contributed by atoms with van der Waals surface area (Å²) >= 11 is 0. The first kappa shape index (κ1) is 23.1. The van der Waals surface area contributed by atoms with Gasteiger partial charge in [-0.15, -0.1) is 10.2 Å². The second kappa shape index (κ2) is 10.7. The van der Waals surface area contributed by atoms with E-state index in [1.165, 1.54) is 0 Å². The summed E-state index contributed by atoms with van der Waals surface area (Å²) < 4.78 is 23.6. The highest BCUT2D eigenvalue weighted by Gasteiger charge is 2.37. The van der Waals surface area contributed by atoms with E-state index in [1.54, 1.807) is 0 Å². The van der Waals surface area contributed by atoms with Gasteiger partial charge in [0, 0.05) is 30.9 Å². The average molecular weight is 461 g/mol. The van der Waals surface area contributed by atoms with Gasteiger partial charge < -0.3 is 17.7 Å². The summed E-state index contributed by atoms with van der Waals surface area (Å²) in [4.78, 5) is 0. The SMILES string of the molecule is CCO[Si](C=Cc1ccc(-c2nnc(-c3cccc4ccccc34)o2)cc1)(OCC)OCC. The minimum atomic E-state index is -2.83. The highest BCUT2D eigenvalue weighted by molar-refractivity contribution is 6.67. The van der Waals surface area contributed by atoms with Crippen molar-refractivity contribution in [2.24, 2.45) is 0 Å². The summed E-state index contributed by atoms with van der Waals surface area (Å²) in [5, 5.41) is 10.8. The lowest BCUT2D eigenvalue weighted by Crippen LogP contribution is -2.44. The normalized spacial score (nSPS) is 12.1. The van der Waals surface area contributed by atoms with Crippen LogP contribution in [0.5, 0.6) is 0 Å². The third-order valence-corrected chi connectivity index (χ3v) is 7.77. The molecule has 33 heavy (non-hydrogen) atoms. The maximum absolute atomic E-state index is 6.02. The Morgan fingerprint density at radius 3 is 2.09 bits per heavy atom. The second-order valence-corrected chi connectivity index (χ2v) is 9.70. The molecular weight excluding hydrogens is 432 g/mol. The van der Waals surface area contributed by atoms with Crippen LogP contribution in [-0.4, -0.2) is 38.8 Å². The second-order valence-electron chi connectivity index (χ2n) is 7.30. The van der Waals surface area contributed by atoms with E-state index in [0.717, 1.165) is 27.5 Å². The molecule has 1 heterocycles. The molecule has 1 aromatic heterocycles. The Balaban J connectivity index is 1.55. The summed E-state index contributed by atoms with van der Waals surface area (Å²) in [6.07, 6.45) is 1.98.